The number of rotatable bonds is 6. The number of aromatic nitrogens is 4. The number of nitrogens with one attached hydrogen (secondary N) is 1. The summed E-state index contributed by atoms with van der Waals surface area (Å²) in [6.45, 7) is 3.68. The second-order valence-corrected chi connectivity index (χ2v) is 9.24. The standard InChI is InChI=1S/C23H21FN6O4S/c1-12(2)29-21-19(30(23(29)31)15-4-6-18-14(10-15)7-8-34-18)20(25)27-22(28-21)26-17-5-3-13(9-16(17)24)11-35(32)33/h3-10,12,35H,11H2,1-2H3,(H3,25,26,27,28). The minimum Gasteiger partial charge on any atom is -0.464 e. The quantitative estimate of drug-likeness (QED) is 0.304. The highest BCUT2D eigenvalue weighted by molar-refractivity contribution is 7.71. The molecule has 2 aromatic carbocycles. The molecule has 35 heavy (non-hydrogen) atoms. The first-order valence-corrected chi connectivity index (χ1v) is 12.0. The zero-order chi connectivity index (χ0) is 24.9. The van der Waals surface area contributed by atoms with Crippen LogP contribution in [-0.2, 0) is 16.5 Å². The van der Waals surface area contributed by atoms with Gasteiger partial charge in [-0.2, -0.15) is 9.97 Å². The number of nitrogens with zero attached hydrogens (tertiary/aromatic N) is 4. The molecule has 0 aliphatic carbocycles. The molecule has 5 aromatic rings. The van der Waals surface area contributed by atoms with Crippen LogP contribution in [0.15, 0.2) is 57.9 Å². The Morgan fingerprint density at radius 3 is 2.66 bits per heavy atom. The summed E-state index contributed by atoms with van der Waals surface area (Å²) in [6, 6.07) is 10.9. The van der Waals surface area contributed by atoms with Crippen LogP contribution in [0.3, 0.4) is 0 Å². The summed E-state index contributed by atoms with van der Waals surface area (Å²) in [5.74, 6) is -0.912. The summed E-state index contributed by atoms with van der Waals surface area (Å²) in [5.41, 5.74) is 8.17. The molecule has 5 rings (SSSR count). The van der Waals surface area contributed by atoms with Crippen molar-refractivity contribution in [1.29, 1.82) is 0 Å². The number of fused-ring (bicyclic) bond motifs is 2. The molecule has 3 aromatic heterocycles. The summed E-state index contributed by atoms with van der Waals surface area (Å²) in [4.78, 5) is 22.2. The lowest BCUT2D eigenvalue weighted by atomic mass is 10.2. The lowest BCUT2D eigenvalue weighted by Crippen LogP contribution is -2.24. The number of imidazole rings is 1. The largest absolute Gasteiger partial charge is 0.464 e. The van der Waals surface area contributed by atoms with E-state index in [9.17, 15) is 17.6 Å². The third-order valence-corrected chi connectivity index (χ3v) is 6.17. The number of thiol groups is 1. The molecule has 12 heteroatoms. The molecule has 0 fully saturated rings. The average molecular weight is 497 g/mol. The Labute approximate surface area is 199 Å². The maximum absolute atomic E-state index is 14.6. The number of nitrogens with two attached hydrogens (primary N) is 1. The molecule has 180 valence electrons. The molecule has 0 atom stereocenters. The zero-order valence-electron chi connectivity index (χ0n) is 18.7. The normalized spacial score (nSPS) is 11.8. The maximum Gasteiger partial charge on any atom is 0.335 e. The Balaban J connectivity index is 1.64. The van der Waals surface area contributed by atoms with Crippen molar-refractivity contribution >= 4 is 50.3 Å². The molecule has 0 unspecified atom stereocenters. The highest BCUT2D eigenvalue weighted by Gasteiger charge is 2.22. The predicted molar refractivity (Wildman–Crippen MR) is 131 cm³/mol. The van der Waals surface area contributed by atoms with Crippen molar-refractivity contribution in [3.8, 4) is 5.69 Å². The molecule has 10 nitrogen and oxygen atoms in total. The van der Waals surface area contributed by atoms with Crippen molar-refractivity contribution in [3.05, 3.63) is 70.6 Å². The van der Waals surface area contributed by atoms with E-state index in [2.05, 4.69) is 15.3 Å². The van der Waals surface area contributed by atoms with E-state index in [0.717, 1.165) is 11.5 Å². The molecule has 0 spiro atoms. The summed E-state index contributed by atoms with van der Waals surface area (Å²) in [7, 11) is -2.68. The first-order chi connectivity index (χ1) is 16.7. The fraction of sp³-hybridized carbons (Fsp3) is 0.174. The van der Waals surface area contributed by atoms with Crippen LogP contribution in [0, 0.1) is 5.82 Å². The van der Waals surface area contributed by atoms with E-state index in [1.54, 1.807) is 24.5 Å². The first kappa shape index (κ1) is 22.6. The van der Waals surface area contributed by atoms with Crippen molar-refractivity contribution in [2.45, 2.75) is 25.6 Å². The Morgan fingerprint density at radius 1 is 1.14 bits per heavy atom. The highest BCUT2D eigenvalue weighted by Crippen LogP contribution is 2.28. The number of furan rings is 1. The average Bonchev–Trinajstić information content (AvgIpc) is 3.36. The molecule has 0 amide bonds. The summed E-state index contributed by atoms with van der Waals surface area (Å²) < 4.78 is 44.7. The predicted octanol–water partition coefficient (Wildman–Crippen LogP) is 3.49. The van der Waals surface area contributed by atoms with E-state index in [0.29, 0.717) is 22.4 Å². The molecular weight excluding hydrogens is 475 g/mol. The van der Waals surface area contributed by atoms with Crippen molar-refractivity contribution in [3.63, 3.8) is 0 Å². The minimum atomic E-state index is -2.68. The van der Waals surface area contributed by atoms with Gasteiger partial charge in [-0.05, 0) is 55.8 Å². The smallest absolute Gasteiger partial charge is 0.335 e. The van der Waals surface area contributed by atoms with Gasteiger partial charge < -0.3 is 15.5 Å². The van der Waals surface area contributed by atoms with Crippen LogP contribution in [0.2, 0.25) is 0 Å². The van der Waals surface area contributed by atoms with Crippen molar-refractivity contribution in [1.82, 2.24) is 19.1 Å². The van der Waals surface area contributed by atoms with Crippen LogP contribution in [0.5, 0.6) is 0 Å². The monoisotopic (exact) mass is 496 g/mol. The lowest BCUT2D eigenvalue weighted by Gasteiger charge is -2.10. The van der Waals surface area contributed by atoms with Gasteiger partial charge in [0.15, 0.2) is 11.5 Å². The van der Waals surface area contributed by atoms with Crippen LogP contribution in [0.1, 0.15) is 25.5 Å². The second-order valence-electron chi connectivity index (χ2n) is 8.26. The number of nitrogen functional groups attached to an aromatic ring is 1. The number of benzene rings is 2. The maximum atomic E-state index is 14.6. The van der Waals surface area contributed by atoms with Gasteiger partial charge in [-0.3, -0.25) is 9.13 Å². The second kappa shape index (κ2) is 8.55. The topological polar surface area (TPSA) is 138 Å². The molecule has 0 saturated heterocycles. The fourth-order valence-electron chi connectivity index (χ4n) is 4.02. The molecule has 0 radical (unpaired) electrons. The summed E-state index contributed by atoms with van der Waals surface area (Å²) in [5, 5.41) is 3.59. The van der Waals surface area contributed by atoms with Gasteiger partial charge in [-0.25, -0.2) is 17.6 Å². The van der Waals surface area contributed by atoms with Gasteiger partial charge in [0.2, 0.25) is 5.95 Å². The van der Waals surface area contributed by atoms with Crippen LogP contribution in [0.4, 0.5) is 21.8 Å². The van der Waals surface area contributed by atoms with Crippen molar-refractivity contribution < 1.29 is 17.2 Å². The number of hydrogen-bond donors (Lipinski definition) is 3. The zero-order valence-corrected chi connectivity index (χ0v) is 19.6. The third kappa shape index (κ3) is 4.01. The Kier molecular flexibility index (Phi) is 5.52. The molecule has 3 N–H and O–H groups in total. The van der Waals surface area contributed by atoms with Gasteiger partial charge in [0, 0.05) is 11.4 Å². The summed E-state index contributed by atoms with van der Waals surface area (Å²) >= 11 is 0. The molecule has 0 aliphatic heterocycles. The van der Waals surface area contributed by atoms with Crippen molar-refractivity contribution in [2.75, 3.05) is 11.1 Å². The lowest BCUT2D eigenvalue weighted by molar-refractivity contribution is 0.586. The van der Waals surface area contributed by atoms with Gasteiger partial charge in [-0.1, -0.05) is 6.07 Å². The highest BCUT2D eigenvalue weighted by atomic mass is 32.2. The van der Waals surface area contributed by atoms with Gasteiger partial charge in [0.1, 0.15) is 27.6 Å². The Bertz CT molecular complexity index is 1730. The number of halogens is 1. The van der Waals surface area contributed by atoms with E-state index in [1.807, 2.05) is 19.9 Å². The van der Waals surface area contributed by atoms with Crippen LogP contribution in [-0.4, -0.2) is 27.5 Å². The fourth-order valence-corrected chi connectivity index (χ4v) is 4.51. The van der Waals surface area contributed by atoms with Gasteiger partial charge in [0.05, 0.1) is 23.4 Å². The van der Waals surface area contributed by atoms with E-state index in [1.165, 1.54) is 21.3 Å². The minimum absolute atomic E-state index is 0.00612. The molecule has 0 saturated carbocycles. The Morgan fingerprint density at radius 2 is 1.94 bits per heavy atom. The van der Waals surface area contributed by atoms with Gasteiger partial charge in [0.25, 0.3) is 0 Å². The number of hydrogen-bond acceptors (Lipinski definition) is 8. The summed E-state index contributed by atoms with van der Waals surface area (Å²) in [6.07, 6.45) is 1.57. The molecular formula is C23H21FN6O4S. The number of anilines is 3. The van der Waals surface area contributed by atoms with Crippen LogP contribution in [0.25, 0.3) is 27.8 Å². The SMILES string of the molecule is CC(C)n1c(=O)n(-c2ccc3occc3c2)c2c(N)nc(Nc3ccc(C[SH](=O)=O)cc3F)nc21. The van der Waals surface area contributed by atoms with Crippen LogP contribution >= 0.6 is 0 Å². The van der Waals surface area contributed by atoms with Gasteiger partial charge in [-0.15, -0.1) is 0 Å². The van der Waals surface area contributed by atoms with E-state index >= 15 is 0 Å². The van der Waals surface area contributed by atoms with E-state index in [-0.39, 0.29) is 40.6 Å². The molecule has 0 bridgehead atoms. The van der Waals surface area contributed by atoms with E-state index < -0.39 is 16.5 Å². The third-order valence-electron chi connectivity index (χ3n) is 5.54. The first-order valence-electron chi connectivity index (χ1n) is 10.7. The molecule has 3 heterocycles. The molecule has 0 aliphatic rings. The van der Waals surface area contributed by atoms with Crippen molar-refractivity contribution in [2.24, 2.45) is 0 Å². The van der Waals surface area contributed by atoms with Crippen LogP contribution < -0.4 is 16.7 Å². The van der Waals surface area contributed by atoms with Gasteiger partial charge >= 0.3 is 5.69 Å². The Hall–Kier alpha value is -4.19. The van der Waals surface area contributed by atoms with E-state index in [4.69, 9.17) is 10.2 Å².